The Morgan fingerprint density at radius 3 is 2.52 bits per heavy atom. The van der Waals surface area contributed by atoms with Crippen LogP contribution >= 0.6 is 0 Å². The summed E-state index contributed by atoms with van der Waals surface area (Å²) in [6.07, 6.45) is 2.36. The minimum absolute atomic E-state index is 0.181. The number of carbonyl (C=O) groups excluding carboxylic acids is 2. The van der Waals surface area contributed by atoms with Crippen LogP contribution in [0.3, 0.4) is 0 Å². The molecule has 0 aromatic heterocycles. The maximum atomic E-state index is 12.2. The van der Waals surface area contributed by atoms with Crippen molar-refractivity contribution in [2.45, 2.75) is 38.6 Å². The van der Waals surface area contributed by atoms with Crippen LogP contribution in [0, 0.1) is 5.92 Å². The van der Waals surface area contributed by atoms with Crippen molar-refractivity contribution in [2.75, 3.05) is 11.9 Å². The number of para-hydroxylation sites is 1. The van der Waals surface area contributed by atoms with E-state index < -0.39 is 5.54 Å². The number of hydrogen-bond acceptors (Lipinski definition) is 3. The lowest BCUT2D eigenvalue weighted by molar-refractivity contribution is -0.123. The summed E-state index contributed by atoms with van der Waals surface area (Å²) in [4.78, 5) is 24.4. The standard InChI is InChI=1S/C16H23N3O2/c1-11(2)10-18-14(20)12-6-3-4-7-13(12)19-15(21)16(17)8-5-9-16/h3-4,6-7,11H,5,8-10,17H2,1-2H3,(H,18,20)(H,19,21). The van der Waals surface area contributed by atoms with Gasteiger partial charge in [0.2, 0.25) is 5.91 Å². The molecule has 0 heterocycles. The quantitative estimate of drug-likeness (QED) is 0.774. The van der Waals surface area contributed by atoms with Crippen LogP contribution in [0.15, 0.2) is 24.3 Å². The van der Waals surface area contributed by atoms with Gasteiger partial charge in [-0.2, -0.15) is 0 Å². The molecule has 5 heteroatoms. The molecule has 0 atom stereocenters. The highest BCUT2D eigenvalue weighted by Crippen LogP contribution is 2.30. The van der Waals surface area contributed by atoms with Gasteiger partial charge in [0.25, 0.3) is 5.91 Å². The zero-order valence-corrected chi connectivity index (χ0v) is 12.6. The Bertz CT molecular complexity index is 536. The summed E-state index contributed by atoms with van der Waals surface area (Å²) in [6.45, 7) is 4.66. The molecular formula is C16H23N3O2. The molecule has 5 nitrogen and oxygen atoms in total. The Kier molecular flexibility index (Phi) is 4.63. The predicted octanol–water partition coefficient (Wildman–Crippen LogP) is 1.89. The molecule has 1 fully saturated rings. The zero-order valence-electron chi connectivity index (χ0n) is 12.6. The zero-order chi connectivity index (χ0) is 15.5. The number of anilines is 1. The molecule has 0 radical (unpaired) electrons. The largest absolute Gasteiger partial charge is 0.352 e. The van der Waals surface area contributed by atoms with E-state index in [1.165, 1.54) is 0 Å². The normalized spacial score (nSPS) is 16.2. The third-order valence-corrected chi connectivity index (χ3v) is 3.79. The molecule has 2 rings (SSSR count). The SMILES string of the molecule is CC(C)CNC(=O)c1ccccc1NC(=O)C1(N)CCC1. The van der Waals surface area contributed by atoms with Gasteiger partial charge in [-0.15, -0.1) is 0 Å². The number of nitrogens with two attached hydrogens (primary N) is 1. The molecule has 0 aliphatic heterocycles. The molecule has 1 aromatic carbocycles. The molecule has 21 heavy (non-hydrogen) atoms. The van der Waals surface area contributed by atoms with Gasteiger partial charge in [0.15, 0.2) is 0 Å². The first-order chi connectivity index (χ1) is 9.92. The monoisotopic (exact) mass is 289 g/mol. The molecule has 2 amide bonds. The molecule has 4 N–H and O–H groups in total. The summed E-state index contributed by atoms with van der Waals surface area (Å²) in [5.74, 6) is -0.0184. The van der Waals surface area contributed by atoms with Crippen LogP contribution in [0.5, 0.6) is 0 Å². The summed E-state index contributed by atoms with van der Waals surface area (Å²) in [5, 5.41) is 5.65. The fraction of sp³-hybridized carbons (Fsp3) is 0.500. The van der Waals surface area contributed by atoms with Gasteiger partial charge >= 0.3 is 0 Å². The average Bonchev–Trinajstić information content (AvgIpc) is 2.42. The number of carbonyl (C=O) groups is 2. The summed E-state index contributed by atoms with van der Waals surface area (Å²) >= 11 is 0. The van der Waals surface area contributed by atoms with Crippen LogP contribution in [0.4, 0.5) is 5.69 Å². The van der Waals surface area contributed by atoms with Gasteiger partial charge in [-0.1, -0.05) is 26.0 Å². The highest BCUT2D eigenvalue weighted by Gasteiger charge is 2.40. The first-order valence-corrected chi connectivity index (χ1v) is 7.40. The molecular weight excluding hydrogens is 266 g/mol. The lowest BCUT2D eigenvalue weighted by Gasteiger charge is -2.36. The summed E-state index contributed by atoms with van der Waals surface area (Å²) in [7, 11) is 0. The highest BCUT2D eigenvalue weighted by atomic mass is 16.2. The van der Waals surface area contributed by atoms with Crippen LogP contribution < -0.4 is 16.4 Å². The number of hydrogen-bond donors (Lipinski definition) is 3. The van der Waals surface area contributed by atoms with Crippen LogP contribution in [0.2, 0.25) is 0 Å². The van der Waals surface area contributed by atoms with Gasteiger partial charge in [-0.05, 0) is 37.3 Å². The number of nitrogens with one attached hydrogen (secondary N) is 2. The van der Waals surface area contributed by atoms with Crippen molar-refractivity contribution in [1.82, 2.24) is 5.32 Å². The van der Waals surface area contributed by atoms with Crippen molar-refractivity contribution in [2.24, 2.45) is 11.7 Å². The van der Waals surface area contributed by atoms with E-state index in [2.05, 4.69) is 10.6 Å². The van der Waals surface area contributed by atoms with Crippen LogP contribution in [-0.4, -0.2) is 23.9 Å². The van der Waals surface area contributed by atoms with E-state index in [0.717, 1.165) is 6.42 Å². The molecule has 1 aliphatic rings. The van der Waals surface area contributed by atoms with Gasteiger partial charge < -0.3 is 16.4 Å². The third kappa shape index (κ3) is 3.61. The topological polar surface area (TPSA) is 84.2 Å². The minimum Gasteiger partial charge on any atom is -0.352 e. The highest BCUT2D eigenvalue weighted by molar-refractivity contribution is 6.06. The van der Waals surface area contributed by atoms with Crippen LogP contribution in [0.25, 0.3) is 0 Å². The second kappa shape index (κ2) is 6.26. The van der Waals surface area contributed by atoms with Crippen LogP contribution in [0.1, 0.15) is 43.5 Å². The van der Waals surface area contributed by atoms with E-state index in [-0.39, 0.29) is 11.8 Å². The lowest BCUT2D eigenvalue weighted by atomic mass is 9.77. The second-order valence-corrected chi connectivity index (χ2v) is 6.11. The summed E-state index contributed by atoms with van der Waals surface area (Å²) in [6, 6.07) is 7.00. The number of amides is 2. The molecule has 1 aromatic rings. The number of benzene rings is 1. The average molecular weight is 289 g/mol. The predicted molar refractivity (Wildman–Crippen MR) is 83.0 cm³/mol. The molecule has 0 saturated heterocycles. The van der Waals surface area contributed by atoms with Crippen LogP contribution in [-0.2, 0) is 4.79 Å². The van der Waals surface area contributed by atoms with Gasteiger partial charge in [0.1, 0.15) is 0 Å². The van der Waals surface area contributed by atoms with E-state index >= 15 is 0 Å². The van der Waals surface area contributed by atoms with Gasteiger partial charge in [0.05, 0.1) is 16.8 Å². The molecule has 0 spiro atoms. The van der Waals surface area contributed by atoms with Crippen molar-refractivity contribution in [3.63, 3.8) is 0 Å². The van der Waals surface area contributed by atoms with Crippen molar-refractivity contribution >= 4 is 17.5 Å². The molecule has 1 saturated carbocycles. The number of rotatable bonds is 5. The molecule has 0 unspecified atom stereocenters. The maximum Gasteiger partial charge on any atom is 0.253 e. The third-order valence-electron chi connectivity index (χ3n) is 3.79. The van der Waals surface area contributed by atoms with Crippen molar-refractivity contribution in [3.05, 3.63) is 29.8 Å². The van der Waals surface area contributed by atoms with Gasteiger partial charge in [0, 0.05) is 6.54 Å². The van der Waals surface area contributed by atoms with Crippen molar-refractivity contribution < 1.29 is 9.59 Å². The smallest absolute Gasteiger partial charge is 0.253 e. The second-order valence-electron chi connectivity index (χ2n) is 6.11. The Labute approximate surface area is 125 Å². The lowest BCUT2D eigenvalue weighted by Crippen LogP contribution is -2.56. The molecule has 0 bridgehead atoms. The van der Waals surface area contributed by atoms with Gasteiger partial charge in [-0.25, -0.2) is 0 Å². The van der Waals surface area contributed by atoms with E-state index in [4.69, 9.17) is 5.73 Å². The van der Waals surface area contributed by atoms with Crippen molar-refractivity contribution in [3.8, 4) is 0 Å². The fourth-order valence-electron chi connectivity index (χ4n) is 2.21. The summed E-state index contributed by atoms with van der Waals surface area (Å²) < 4.78 is 0. The van der Waals surface area contributed by atoms with E-state index in [9.17, 15) is 9.59 Å². The molecule has 1 aliphatic carbocycles. The Morgan fingerprint density at radius 1 is 1.29 bits per heavy atom. The van der Waals surface area contributed by atoms with E-state index in [1.54, 1.807) is 24.3 Å². The fourth-order valence-corrected chi connectivity index (χ4v) is 2.21. The van der Waals surface area contributed by atoms with E-state index in [1.807, 2.05) is 13.8 Å². The first-order valence-electron chi connectivity index (χ1n) is 7.40. The minimum atomic E-state index is -0.776. The van der Waals surface area contributed by atoms with Gasteiger partial charge in [-0.3, -0.25) is 9.59 Å². The van der Waals surface area contributed by atoms with E-state index in [0.29, 0.717) is 36.6 Å². The Morgan fingerprint density at radius 2 is 1.95 bits per heavy atom. The Hall–Kier alpha value is -1.88. The Balaban J connectivity index is 2.09. The first kappa shape index (κ1) is 15.5. The maximum absolute atomic E-state index is 12.2. The summed E-state index contributed by atoms with van der Waals surface area (Å²) in [5.41, 5.74) is 6.21. The van der Waals surface area contributed by atoms with Crippen molar-refractivity contribution in [1.29, 1.82) is 0 Å². The molecule has 114 valence electrons.